The number of rotatable bonds is 4. The molecule has 0 unspecified atom stereocenters. The minimum atomic E-state index is 0.559. The molecular weight excluding hydrogens is 370 g/mol. The fraction of sp³-hybridized carbons (Fsp3) is 0.136. The van der Waals surface area contributed by atoms with E-state index in [1.165, 1.54) is 30.5 Å². The second kappa shape index (κ2) is 6.83. The van der Waals surface area contributed by atoms with Crippen molar-refractivity contribution >= 4 is 45.0 Å². The van der Waals surface area contributed by atoms with Gasteiger partial charge in [0.05, 0.1) is 10.7 Å². The lowest BCUT2D eigenvalue weighted by molar-refractivity contribution is -0.665. The van der Waals surface area contributed by atoms with E-state index < -0.39 is 0 Å². The molecule has 4 aromatic rings. The molecule has 0 fully saturated rings. The lowest BCUT2D eigenvalue weighted by Crippen LogP contribution is -2.33. The van der Waals surface area contributed by atoms with Gasteiger partial charge in [-0.25, -0.2) is 0 Å². The predicted molar refractivity (Wildman–Crippen MR) is 114 cm³/mol. The first-order chi connectivity index (χ1) is 13.3. The Morgan fingerprint density at radius 2 is 1.85 bits per heavy atom. The SMILES string of the molecule is CC[n+]1c(/C=C/c2ccc(-c3ccc4c(c3)=NCN=4)s2)sc2ccccc21. The van der Waals surface area contributed by atoms with Crippen LogP contribution in [-0.2, 0) is 6.54 Å². The van der Waals surface area contributed by atoms with E-state index in [1.807, 2.05) is 22.7 Å². The molecule has 0 spiro atoms. The van der Waals surface area contributed by atoms with Gasteiger partial charge in [-0.2, -0.15) is 4.57 Å². The second-order valence-electron chi connectivity index (χ2n) is 6.35. The molecule has 2 aromatic carbocycles. The Labute approximate surface area is 165 Å². The molecule has 132 valence electrons. The molecule has 0 radical (unpaired) electrons. The zero-order valence-electron chi connectivity index (χ0n) is 14.9. The van der Waals surface area contributed by atoms with Crippen molar-refractivity contribution < 1.29 is 4.57 Å². The third kappa shape index (κ3) is 3.03. The number of nitrogens with zero attached hydrogens (tertiary/aromatic N) is 3. The smallest absolute Gasteiger partial charge is 0.260 e. The molecule has 0 bridgehead atoms. The maximum absolute atomic E-state index is 4.43. The summed E-state index contributed by atoms with van der Waals surface area (Å²) >= 11 is 3.65. The van der Waals surface area contributed by atoms with Gasteiger partial charge in [-0.15, -0.1) is 11.3 Å². The molecule has 3 nitrogen and oxygen atoms in total. The van der Waals surface area contributed by atoms with Gasteiger partial charge in [0, 0.05) is 21.9 Å². The molecule has 0 aliphatic carbocycles. The summed E-state index contributed by atoms with van der Waals surface area (Å²) in [7, 11) is 0. The molecule has 3 heterocycles. The lowest BCUT2D eigenvalue weighted by atomic mass is 10.2. The highest BCUT2D eigenvalue weighted by Crippen LogP contribution is 2.29. The fourth-order valence-corrected chi connectivity index (χ4v) is 5.41. The minimum Gasteiger partial charge on any atom is -0.260 e. The van der Waals surface area contributed by atoms with Gasteiger partial charge in [-0.05, 0) is 48.9 Å². The first-order valence-electron chi connectivity index (χ1n) is 9.00. The molecule has 2 aromatic heterocycles. The average Bonchev–Trinajstić information content (AvgIpc) is 3.42. The molecule has 0 saturated heterocycles. The largest absolute Gasteiger partial charge is 0.262 e. The molecule has 0 N–H and O–H groups in total. The van der Waals surface area contributed by atoms with Crippen molar-refractivity contribution in [3.05, 3.63) is 75.2 Å². The zero-order chi connectivity index (χ0) is 18.2. The number of thiophene rings is 1. The number of hydrogen-bond acceptors (Lipinski definition) is 4. The maximum Gasteiger partial charge on any atom is 0.262 e. The quantitative estimate of drug-likeness (QED) is 0.466. The summed E-state index contributed by atoms with van der Waals surface area (Å²) < 4.78 is 3.70. The molecule has 1 aliphatic rings. The Kier molecular flexibility index (Phi) is 4.19. The highest BCUT2D eigenvalue weighted by atomic mass is 32.1. The third-order valence-electron chi connectivity index (χ3n) is 4.71. The number of thiazole rings is 1. The number of aryl methyl sites for hydroxylation is 1. The summed E-state index contributed by atoms with van der Waals surface area (Å²) in [6, 6.07) is 19.3. The van der Waals surface area contributed by atoms with E-state index in [0.29, 0.717) is 6.67 Å². The van der Waals surface area contributed by atoms with Gasteiger partial charge in [0.25, 0.3) is 5.01 Å². The van der Waals surface area contributed by atoms with Gasteiger partial charge in [-0.3, -0.25) is 9.98 Å². The Balaban J connectivity index is 1.47. The summed E-state index contributed by atoms with van der Waals surface area (Å²) in [6.07, 6.45) is 4.46. The number of para-hydroxylation sites is 1. The van der Waals surface area contributed by atoms with Crippen LogP contribution in [0.1, 0.15) is 16.8 Å². The molecular formula is C22H18N3S2+. The van der Waals surface area contributed by atoms with Gasteiger partial charge in [0.15, 0.2) is 0 Å². The van der Waals surface area contributed by atoms with Crippen LogP contribution in [0.4, 0.5) is 0 Å². The van der Waals surface area contributed by atoms with Crippen LogP contribution in [0, 0.1) is 0 Å². The van der Waals surface area contributed by atoms with E-state index in [2.05, 4.69) is 88.2 Å². The highest BCUT2D eigenvalue weighted by Gasteiger charge is 2.16. The van der Waals surface area contributed by atoms with E-state index in [9.17, 15) is 0 Å². The van der Waals surface area contributed by atoms with Crippen molar-refractivity contribution in [1.82, 2.24) is 0 Å². The number of hydrogen-bond donors (Lipinski definition) is 0. The van der Waals surface area contributed by atoms with Gasteiger partial charge in [0.1, 0.15) is 17.9 Å². The molecule has 0 saturated carbocycles. The van der Waals surface area contributed by atoms with E-state index in [4.69, 9.17) is 0 Å². The van der Waals surface area contributed by atoms with E-state index in [1.54, 1.807) is 0 Å². The van der Waals surface area contributed by atoms with Crippen molar-refractivity contribution in [2.75, 3.05) is 6.67 Å². The van der Waals surface area contributed by atoms with Crippen molar-refractivity contribution in [1.29, 1.82) is 0 Å². The third-order valence-corrected chi connectivity index (χ3v) is 6.94. The Bertz CT molecular complexity index is 1290. The molecule has 0 amide bonds. The number of benzene rings is 2. The molecule has 1 aliphatic heterocycles. The summed E-state index contributed by atoms with van der Waals surface area (Å²) in [5.41, 5.74) is 2.52. The highest BCUT2D eigenvalue weighted by molar-refractivity contribution is 7.19. The molecule has 27 heavy (non-hydrogen) atoms. The second-order valence-corrected chi connectivity index (χ2v) is 8.53. The van der Waals surface area contributed by atoms with Crippen LogP contribution >= 0.6 is 22.7 Å². The first-order valence-corrected chi connectivity index (χ1v) is 10.6. The topological polar surface area (TPSA) is 28.6 Å². The van der Waals surface area contributed by atoms with Gasteiger partial charge in [-0.1, -0.05) is 29.5 Å². The Hall–Kier alpha value is -2.63. The fourth-order valence-electron chi connectivity index (χ4n) is 3.38. The van der Waals surface area contributed by atoms with Gasteiger partial charge >= 0.3 is 0 Å². The van der Waals surface area contributed by atoms with Crippen molar-refractivity contribution in [2.45, 2.75) is 13.5 Å². The monoisotopic (exact) mass is 388 g/mol. The van der Waals surface area contributed by atoms with Crippen molar-refractivity contribution in [2.24, 2.45) is 9.98 Å². The summed E-state index contributed by atoms with van der Waals surface area (Å²) in [6.45, 7) is 3.73. The number of aromatic nitrogens is 1. The zero-order valence-corrected chi connectivity index (χ0v) is 16.6. The minimum absolute atomic E-state index is 0.559. The Morgan fingerprint density at radius 3 is 2.78 bits per heavy atom. The Morgan fingerprint density at radius 1 is 0.963 bits per heavy atom. The molecule has 5 rings (SSSR count). The van der Waals surface area contributed by atoms with E-state index in [-0.39, 0.29) is 0 Å². The van der Waals surface area contributed by atoms with Crippen LogP contribution in [0.2, 0.25) is 0 Å². The predicted octanol–water partition coefficient (Wildman–Crippen LogP) is 4.32. The van der Waals surface area contributed by atoms with E-state index >= 15 is 0 Å². The normalized spacial score (nSPS) is 13.1. The molecule has 5 heteroatoms. The summed E-state index contributed by atoms with van der Waals surface area (Å²) in [4.78, 5) is 11.3. The van der Waals surface area contributed by atoms with Crippen molar-refractivity contribution in [3.8, 4) is 10.4 Å². The summed E-state index contributed by atoms with van der Waals surface area (Å²) in [5, 5.41) is 3.29. The van der Waals surface area contributed by atoms with Crippen LogP contribution in [-0.4, -0.2) is 6.67 Å². The van der Waals surface area contributed by atoms with Crippen molar-refractivity contribution in [3.63, 3.8) is 0 Å². The summed E-state index contributed by atoms with van der Waals surface area (Å²) in [5.74, 6) is 0. The van der Waals surface area contributed by atoms with Crippen LogP contribution in [0.15, 0.2) is 64.6 Å². The number of fused-ring (bicyclic) bond motifs is 2. The molecule has 0 atom stereocenters. The first kappa shape index (κ1) is 16.5. The van der Waals surface area contributed by atoms with Crippen LogP contribution < -0.4 is 15.3 Å². The van der Waals surface area contributed by atoms with Crippen LogP contribution in [0.5, 0.6) is 0 Å². The average molecular weight is 389 g/mol. The van der Waals surface area contributed by atoms with Gasteiger partial charge in [0.2, 0.25) is 5.52 Å². The van der Waals surface area contributed by atoms with E-state index in [0.717, 1.165) is 17.3 Å². The van der Waals surface area contributed by atoms with Crippen LogP contribution in [0.3, 0.4) is 0 Å². The lowest BCUT2D eigenvalue weighted by Gasteiger charge is -1.95. The maximum atomic E-state index is 4.43. The van der Waals surface area contributed by atoms with Crippen LogP contribution in [0.25, 0.3) is 32.8 Å². The standard InChI is InChI=1S/C22H18N3S2/c1-2-25-19-5-3-4-6-21(19)27-22(25)12-9-16-8-11-20(26-16)15-7-10-17-18(13-15)24-14-23-17/h3-13H,2,14H2,1H3/q+1/b12-9+. The van der Waals surface area contributed by atoms with Gasteiger partial charge < -0.3 is 0 Å².